The summed E-state index contributed by atoms with van der Waals surface area (Å²) < 4.78 is 0. The number of imide groups is 1. The van der Waals surface area contributed by atoms with Gasteiger partial charge in [-0.3, -0.25) is 19.3 Å². The van der Waals surface area contributed by atoms with Gasteiger partial charge in [-0.05, 0) is 31.0 Å². The first kappa shape index (κ1) is 19.5. The fraction of sp³-hybridized carbons (Fsp3) is 0.409. The zero-order valence-electron chi connectivity index (χ0n) is 17.2. The van der Waals surface area contributed by atoms with Crippen LogP contribution in [0.1, 0.15) is 33.6 Å². The van der Waals surface area contributed by atoms with Crippen molar-refractivity contribution in [1.82, 2.24) is 19.8 Å². The van der Waals surface area contributed by atoms with Crippen molar-refractivity contribution in [2.45, 2.75) is 12.8 Å². The summed E-state index contributed by atoms with van der Waals surface area (Å²) in [6.07, 6.45) is 4.12. The minimum atomic E-state index is -0.400. The molecule has 0 radical (unpaired) electrons. The van der Waals surface area contributed by atoms with Crippen molar-refractivity contribution in [3.63, 3.8) is 0 Å². The van der Waals surface area contributed by atoms with Gasteiger partial charge in [-0.1, -0.05) is 12.1 Å². The molecular formula is C22H24N6O3. The van der Waals surface area contributed by atoms with Gasteiger partial charge in [0, 0.05) is 45.5 Å². The molecule has 1 aromatic heterocycles. The molecule has 4 heterocycles. The Hall–Kier alpha value is -3.49. The molecule has 2 saturated heterocycles. The van der Waals surface area contributed by atoms with Crippen LogP contribution in [0.2, 0.25) is 0 Å². The predicted molar refractivity (Wildman–Crippen MR) is 114 cm³/mol. The highest BCUT2D eigenvalue weighted by atomic mass is 16.2. The average Bonchev–Trinajstić information content (AvgIpc) is 3.44. The highest BCUT2D eigenvalue weighted by Crippen LogP contribution is 2.23. The second kappa shape index (κ2) is 7.98. The lowest BCUT2D eigenvalue weighted by atomic mass is 10.1. The van der Waals surface area contributed by atoms with E-state index in [2.05, 4.69) is 14.8 Å². The van der Waals surface area contributed by atoms with Crippen LogP contribution < -0.4 is 9.80 Å². The molecule has 0 aliphatic carbocycles. The number of rotatable bonds is 4. The molecule has 3 amide bonds. The maximum atomic E-state index is 12.8. The first-order valence-electron chi connectivity index (χ1n) is 10.7. The van der Waals surface area contributed by atoms with Gasteiger partial charge < -0.3 is 14.7 Å². The van der Waals surface area contributed by atoms with Crippen molar-refractivity contribution >= 4 is 29.5 Å². The third-order valence-corrected chi connectivity index (χ3v) is 6.14. The van der Waals surface area contributed by atoms with Gasteiger partial charge in [-0.2, -0.15) is 4.98 Å². The molecule has 0 spiro atoms. The van der Waals surface area contributed by atoms with E-state index in [-0.39, 0.29) is 12.5 Å². The van der Waals surface area contributed by atoms with Gasteiger partial charge in [-0.25, -0.2) is 4.98 Å². The first-order valence-corrected chi connectivity index (χ1v) is 10.7. The van der Waals surface area contributed by atoms with Crippen LogP contribution in [0.3, 0.4) is 0 Å². The maximum absolute atomic E-state index is 12.8. The van der Waals surface area contributed by atoms with Gasteiger partial charge in [0.15, 0.2) is 0 Å². The van der Waals surface area contributed by atoms with Crippen molar-refractivity contribution in [2.75, 3.05) is 55.6 Å². The van der Waals surface area contributed by atoms with E-state index in [1.165, 1.54) is 12.8 Å². The van der Waals surface area contributed by atoms with Gasteiger partial charge in [0.1, 0.15) is 12.4 Å². The summed E-state index contributed by atoms with van der Waals surface area (Å²) in [4.78, 5) is 54.0. The Morgan fingerprint density at radius 2 is 1.48 bits per heavy atom. The lowest BCUT2D eigenvalue weighted by Gasteiger charge is -2.36. The molecule has 31 heavy (non-hydrogen) atoms. The van der Waals surface area contributed by atoms with Crippen LogP contribution in [-0.2, 0) is 4.79 Å². The Morgan fingerprint density at radius 3 is 2.13 bits per heavy atom. The summed E-state index contributed by atoms with van der Waals surface area (Å²) >= 11 is 0. The van der Waals surface area contributed by atoms with Gasteiger partial charge in [-0.15, -0.1) is 0 Å². The highest BCUT2D eigenvalue weighted by molar-refractivity contribution is 6.22. The van der Waals surface area contributed by atoms with E-state index in [0.717, 1.165) is 29.8 Å². The van der Waals surface area contributed by atoms with Crippen LogP contribution >= 0.6 is 0 Å². The van der Waals surface area contributed by atoms with Crippen LogP contribution in [0, 0.1) is 0 Å². The van der Waals surface area contributed by atoms with Gasteiger partial charge in [0.05, 0.1) is 11.1 Å². The number of nitrogens with zero attached hydrogens (tertiary/aromatic N) is 6. The molecule has 0 bridgehead atoms. The summed E-state index contributed by atoms with van der Waals surface area (Å²) in [5.74, 6) is 0.615. The van der Waals surface area contributed by atoms with E-state index in [0.29, 0.717) is 37.3 Å². The molecule has 2 fully saturated rings. The van der Waals surface area contributed by atoms with Gasteiger partial charge in [0.25, 0.3) is 11.8 Å². The minimum Gasteiger partial charge on any atom is -0.353 e. The molecule has 1 aromatic carbocycles. The van der Waals surface area contributed by atoms with Crippen LogP contribution in [0.15, 0.2) is 36.5 Å². The molecule has 0 atom stereocenters. The monoisotopic (exact) mass is 420 g/mol. The Morgan fingerprint density at radius 1 is 0.839 bits per heavy atom. The largest absolute Gasteiger partial charge is 0.353 e. The number of anilines is 2. The minimum absolute atomic E-state index is 0.213. The maximum Gasteiger partial charge on any atom is 0.262 e. The quantitative estimate of drug-likeness (QED) is 0.682. The summed E-state index contributed by atoms with van der Waals surface area (Å²) in [5, 5.41) is 0. The van der Waals surface area contributed by atoms with Gasteiger partial charge in [0.2, 0.25) is 11.9 Å². The number of carbonyl (C=O) groups is 3. The standard InChI is InChI=1S/C22H24N6O3/c29-19(15-28-20(30)16-5-1-2-6-17(16)21(28)31)26-13-11-25(12-14-26)18-7-8-23-22(24-18)27-9-3-4-10-27/h1-2,5-8H,3-4,9-15H2. The molecule has 2 aromatic rings. The molecule has 160 valence electrons. The van der Waals surface area contributed by atoms with Crippen molar-refractivity contribution in [1.29, 1.82) is 0 Å². The first-order chi connectivity index (χ1) is 15.1. The fourth-order valence-corrected chi connectivity index (χ4v) is 4.39. The molecule has 9 nitrogen and oxygen atoms in total. The normalized spacial score (nSPS) is 18.7. The Balaban J connectivity index is 1.19. The molecule has 3 aliphatic heterocycles. The number of hydrogen-bond donors (Lipinski definition) is 0. The number of fused-ring (bicyclic) bond motifs is 1. The summed E-state index contributed by atoms with van der Waals surface area (Å²) in [7, 11) is 0. The lowest BCUT2D eigenvalue weighted by Crippen LogP contribution is -2.52. The van der Waals surface area contributed by atoms with Crippen molar-refractivity contribution in [2.24, 2.45) is 0 Å². The van der Waals surface area contributed by atoms with E-state index in [1.54, 1.807) is 35.4 Å². The molecule has 3 aliphatic rings. The Kier molecular flexibility index (Phi) is 5.01. The third-order valence-electron chi connectivity index (χ3n) is 6.14. The van der Waals surface area contributed by atoms with Crippen LogP contribution in [0.25, 0.3) is 0 Å². The number of carbonyl (C=O) groups excluding carboxylic acids is 3. The number of amides is 3. The summed E-state index contributed by atoms with van der Waals surface area (Å²) in [5.41, 5.74) is 0.727. The topological polar surface area (TPSA) is 90.0 Å². The zero-order valence-corrected chi connectivity index (χ0v) is 17.2. The molecule has 9 heteroatoms. The van der Waals surface area contributed by atoms with E-state index < -0.39 is 11.8 Å². The number of aromatic nitrogens is 2. The second-order valence-corrected chi connectivity index (χ2v) is 8.02. The smallest absolute Gasteiger partial charge is 0.262 e. The van der Waals surface area contributed by atoms with Gasteiger partial charge >= 0.3 is 0 Å². The molecule has 0 unspecified atom stereocenters. The molecule has 5 rings (SSSR count). The van der Waals surface area contributed by atoms with E-state index in [4.69, 9.17) is 4.98 Å². The summed E-state index contributed by atoms with van der Waals surface area (Å²) in [6.45, 7) is 4.08. The van der Waals surface area contributed by atoms with Crippen LogP contribution in [-0.4, -0.2) is 83.3 Å². The fourth-order valence-electron chi connectivity index (χ4n) is 4.39. The van der Waals surface area contributed by atoms with Crippen LogP contribution in [0.5, 0.6) is 0 Å². The Bertz CT molecular complexity index is 992. The van der Waals surface area contributed by atoms with E-state index in [1.807, 2.05) is 6.07 Å². The highest BCUT2D eigenvalue weighted by Gasteiger charge is 2.37. The molecule has 0 N–H and O–H groups in total. The van der Waals surface area contributed by atoms with Crippen molar-refractivity contribution in [3.05, 3.63) is 47.7 Å². The third kappa shape index (κ3) is 3.60. The average molecular weight is 420 g/mol. The SMILES string of the molecule is O=C(CN1C(=O)c2ccccc2C1=O)N1CCN(c2ccnc(N3CCCC3)n2)CC1. The summed E-state index contributed by atoms with van der Waals surface area (Å²) in [6, 6.07) is 8.58. The van der Waals surface area contributed by atoms with Crippen molar-refractivity contribution < 1.29 is 14.4 Å². The second-order valence-electron chi connectivity index (χ2n) is 8.02. The lowest BCUT2D eigenvalue weighted by molar-refractivity contribution is -0.131. The Labute approximate surface area is 180 Å². The molecular weight excluding hydrogens is 396 g/mol. The predicted octanol–water partition coefficient (Wildman–Crippen LogP) is 1.02. The number of piperazine rings is 1. The number of benzene rings is 1. The van der Waals surface area contributed by atoms with Crippen LogP contribution in [0.4, 0.5) is 11.8 Å². The molecule has 0 saturated carbocycles. The zero-order chi connectivity index (χ0) is 21.4. The van der Waals surface area contributed by atoms with E-state index >= 15 is 0 Å². The van der Waals surface area contributed by atoms with E-state index in [9.17, 15) is 14.4 Å². The van der Waals surface area contributed by atoms with Crippen molar-refractivity contribution in [3.8, 4) is 0 Å². The number of hydrogen-bond acceptors (Lipinski definition) is 7.